The Morgan fingerprint density at radius 3 is 1.06 bits per heavy atom. The number of rotatable bonds is 0. The van der Waals surface area contributed by atoms with E-state index in [1.165, 1.54) is 21.5 Å². The first-order chi connectivity index (χ1) is 14.9. The largest absolute Gasteiger partial charge is 2.00 e. The zero-order valence-electron chi connectivity index (χ0n) is 19.1. The Morgan fingerprint density at radius 1 is 0.441 bits per heavy atom. The normalized spacial score (nSPS) is 8.24. The Hall–Kier alpha value is -2.44. The average molecular weight is 562 g/mol. The first kappa shape index (κ1) is 33.7. The van der Waals surface area contributed by atoms with Gasteiger partial charge in [0.15, 0.2) is 0 Å². The minimum Gasteiger partial charge on any atom is -1.00 e. The van der Waals surface area contributed by atoms with Gasteiger partial charge >= 0.3 is 26.2 Å². The van der Waals surface area contributed by atoms with Crippen molar-refractivity contribution in [2.45, 2.75) is 0 Å². The fraction of sp³-hybridized carbons (Fsp3) is 0. The summed E-state index contributed by atoms with van der Waals surface area (Å²) in [6.07, 6.45) is 0. The monoisotopic (exact) mass is 559 g/mol. The van der Waals surface area contributed by atoms with Crippen molar-refractivity contribution in [1.29, 1.82) is 0 Å². The van der Waals surface area contributed by atoms with Crippen LogP contribution < -0.4 is 24.8 Å². The summed E-state index contributed by atoms with van der Waals surface area (Å²) in [6.45, 7) is 0. The zero-order valence-corrected chi connectivity index (χ0v) is 23.1. The summed E-state index contributed by atoms with van der Waals surface area (Å²) in [5.41, 5.74) is 0. The molecule has 0 aliphatic carbocycles. The molecule has 0 unspecified atom stereocenters. The molecule has 6 aromatic rings. The van der Waals surface area contributed by atoms with Crippen LogP contribution >= 0.6 is 0 Å². The predicted molar refractivity (Wildman–Crippen MR) is 136 cm³/mol. The number of hydrogen-bond donors (Lipinski definition) is 0. The molecule has 3 heteroatoms. The molecule has 0 amide bonds. The SMILES string of the molecule is [CH3-].[Cl-].[Cl-].[Zr+2].[c-]1ccccc1.[c-]1ccccc1.c1ccc2[cH-]ccc2c1.c1ccc2[cH-]ccc2c1. The van der Waals surface area contributed by atoms with E-state index in [0.29, 0.717) is 0 Å². The number of fused-ring (bicyclic) bond motifs is 2. The third-order valence-corrected chi connectivity index (χ3v) is 4.31. The summed E-state index contributed by atoms with van der Waals surface area (Å²) in [7, 11) is 0. The molecule has 0 spiro atoms. The van der Waals surface area contributed by atoms with Crippen molar-refractivity contribution < 1.29 is 51.0 Å². The third kappa shape index (κ3) is 12.7. The number of hydrogen-bond acceptors (Lipinski definition) is 0. The molecule has 0 atom stereocenters. The van der Waals surface area contributed by atoms with Crippen molar-refractivity contribution in [1.82, 2.24) is 0 Å². The molecule has 0 fully saturated rings. The molecular formula is C31H27Cl2Zr-5. The molecule has 0 N–H and O–H groups in total. The van der Waals surface area contributed by atoms with Crippen LogP contribution in [0.5, 0.6) is 0 Å². The Bertz CT molecular complexity index is 984. The van der Waals surface area contributed by atoms with E-state index in [4.69, 9.17) is 0 Å². The Labute approximate surface area is 236 Å². The fourth-order valence-corrected chi connectivity index (χ4v) is 2.82. The van der Waals surface area contributed by atoms with Crippen molar-refractivity contribution in [3.8, 4) is 0 Å². The Morgan fingerprint density at radius 2 is 0.794 bits per heavy atom. The second-order valence-electron chi connectivity index (χ2n) is 6.46. The molecule has 0 saturated carbocycles. The maximum absolute atomic E-state index is 2.89. The van der Waals surface area contributed by atoms with E-state index in [1.807, 2.05) is 60.7 Å². The van der Waals surface area contributed by atoms with Gasteiger partial charge in [0.2, 0.25) is 0 Å². The smallest absolute Gasteiger partial charge is 1.00 e. The first-order valence-electron chi connectivity index (χ1n) is 9.96. The van der Waals surface area contributed by atoms with Gasteiger partial charge in [-0.05, 0) is 0 Å². The summed E-state index contributed by atoms with van der Waals surface area (Å²) in [5.74, 6) is 0. The Balaban J connectivity index is 0. The molecule has 6 rings (SSSR count). The van der Waals surface area contributed by atoms with Crippen molar-refractivity contribution >= 4 is 21.5 Å². The predicted octanol–water partition coefficient (Wildman–Crippen LogP) is 2.55. The summed E-state index contributed by atoms with van der Waals surface area (Å²) in [6, 6.07) is 54.3. The maximum Gasteiger partial charge on any atom is 2.00 e. The molecule has 6 aromatic carbocycles. The van der Waals surface area contributed by atoms with Gasteiger partial charge in [0.1, 0.15) is 0 Å². The van der Waals surface area contributed by atoms with Crippen LogP contribution in [0.2, 0.25) is 0 Å². The second kappa shape index (κ2) is 21.1. The van der Waals surface area contributed by atoms with Gasteiger partial charge in [-0.2, -0.15) is 108 Å². The number of halogens is 2. The van der Waals surface area contributed by atoms with Crippen molar-refractivity contribution in [2.75, 3.05) is 0 Å². The molecule has 0 nitrogen and oxygen atoms in total. The van der Waals surface area contributed by atoms with Gasteiger partial charge in [-0.15, -0.1) is 59.3 Å². The zero-order chi connectivity index (χ0) is 20.7. The Kier molecular flexibility index (Phi) is 21.0. The van der Waals surface area contributed by atoms with Crippen molar-refractivity contribution in [2.24, 2.45) is 0 Å². The topological polar surface area (TPSA) is 0 Å². The van der Waals surface area contributed by atoms with Gasteiger partial charge in [-0.3, -0.25) is 0 Å². The van der Waals surface area contributed by atoms with E-state index < -0.39 is 0 Å². The van der Waals surface area contributed by atoms with Gasteiger partial charge in [-0.1, -0.05) is 12.1 Å². The molecule has 0 heterocycles. The van der Waals surface area contributed by atoms with E-state index in [9.17, 15) is 0 Å². The van der Waals surface area contributed by atoms with Crippen LogP contribution in [0.4, 0.5) is 0 Å². The molecule has 0 aliphatic heterocycles. The van der Waals surface area contributed by atoms with E-state index >= 15 is 0 Å². The molecule has 0 bridgehead atoms. The van der Waals surface area contributed by atoms with Crippen LogP contribution in [0.25, 0.3) is 21.5 Å². The van der Waals surface area contributed by atoms with Crippen LogP contribution in [0.15, 0.2) is 146 Å². The first-order valence-corrected chi connectivity index (χ1v) is 9.96. The summed E-state index contributed by atoms with van der Waals surface area (Å²) in [4.78, 5) is 0. The summed E-state index contributed by atoms with van der Waals surface area (Å²) >= 11 is 0. The number of benzene rings is 4. The molecular weight excluding hydrogens is 534 g/mol. The summed E-state index contributed by atoms with van der Waals surface area (Å²) in [5, 5.41) is 5.32. The van der Waals surface area contributed by atoms with E-state index in [0.717, 1.165) is 0 Å². The van der Waals surface area contributed by atoms with Gasteiger partial charge in [0, 0.05) is 0 Å². The van der Waals surface area contributed by atoms with Crippen LogP contribution in [0.3, 0.4) is 0 Å². The molecule has 0 aliphatic rings. The van der Waals surface area contributed by atoms with Crippen LogP contribution in [-0.4, -0.2) is 0 Å². The molecule has 0 aromatic heterocycles. The standard InChI is InChI=1S/2C9H7.2C6H5.CH3.2ClH.Zr/c2*1-2-5-9-7-3-6-8(9)4-1;2*1-2-4-6-5-3-1;;;;/h2*1-7H;2*1-5H;1H3;2*1H;/q5*-1;;;+2/p-2. The third-order valence-electron chi connectivity index (χ3n) is 4.31. The van der Waals surface area contributed by atoms with E-state index in [2.05, 4.69) is 97.1 Å². The minimum atomic E-state index is 0. The van der Waals surface area contributed by atoms with Gasteiger partial charge in [0.25, 0.3) is 0 Å². The van der Waals surface area contributed by atoms with Gasteiger partial charge in [0.05, 0.1) is 0 Å². The van der Waals surface area contributed by atoms with Crippen LogP contribution in [0, 0.1) is 19.6 Å². The molecule has 174 valence electrons. The maximum atomic E-state index is 2.89. The quantitative estimate of drug-likeness (QED) is 0.250. The van der Waals surface area contributed by atoms with Gasteiger partial charge < -0.3 is 32.2 Å². The minimum absolute atomic E-state index is 0. The summed E-state index contributed by atoms with van der Waals surface area (Å²) < 4.78 is 0. The van der Waals surface area contributed by atoms with E-state index in [-0.39, 0.29) is 58.4 Å². The molecule has 34 heavy (non-hydrogen) atoms. The van der Waals surface area contributed by atoms with Crippen LogP contribution in [-0.2, 0) is 26.2 Å². The van der Waals surface area contributed by atoms with Crippen LogP contribution in [0.1, 0.15) is 0 Å². The molecule has 0 radical (unpaired) electrons. The second-order valence-corrected chi connectivity index (χ2v) is 6.46. The van der Waals surface area contributed by atoms with Crippen molar-refractivity contribution in [3.63, 3.8) is 0 Å². The average Bonchev–Trinajstić information content (AvgIpc) is 3.52. The van der Waals surface area contributed by atoms with Crippen molar-refractivity contribution in [3.05, 3.63) is 165 Å². The molecule has 0 saturated heterocycles. The van der Waals surface area contributed by atoms with E-state index in [1.54, 1.807) is 0 Å². The van der Waals surface area contributed by atoms with Gasteiger partial charge in [-0.25, -0.2) is 0 Å². The fourth-order valence-electron chi connectivity index (χ4n) is 2.82.